The summed E-state index contributed by atoms with van der Waals surface area (Å²) in [5.41, 5.74) is 5.34. The lowest BCUT2D eigenvalue weighted by Gasteiger charge is -2.20. The van der Waals surface area contributed by atoms with Crippen molar-refractivity contribution >= 4 is 25.7 Å². The maximum atomic E-state index is 12.7. The molecule has 0 bridgehead atoms. The topological polar surface area (TPSA) is 172 Å². The van der Waals surface area contributed by atoms with E-state index in [4.69, 9.17) is 24.8 Å². The quantitative estimate of drug-likeness (QED) is 0.0230. The molecule has 64 heavy (non-hydrogen) atoms. The van der Waals surface area contributed by atoms with Crippen LogP contribution in [0.2, 0.25) is 0 Å². The first-order chi connectivity index (χ1) is 31.1. The number of ether oxygens (including phenoxy) is 2. The molecule has 0 aliphatic carbocycles. The molecule has 362 valence electrons. The third-order valence-corrected chi connectivity index (χ3v) is 10.5. The number of nitrogens with two attached hydrogens (primary N) is 1. The van der Waals surface area contributed by atoms with Crippen molar-refractivity contribution in [3.8, 4) is 0 Å². The minimum Gasteiger partial charge on any atom is -0.480 e. The van der Waals surface area contributed by atoms with E-state index in [2.05, 4.69) is 128 Å². The van der Waals surface area contributed by atoms with Crippen LogP contribution in [0.15, 0.2) is 109 Å². The van der Waals surface area contributed by atoms with Gasteiger partial charge in [-0.05, 0) is 96.3 Å². The smallest absolute Gasteiger partial charge is 0.472 e. The van der Waals surface area contributed by atoms with Crippen molar-refractivity contribution < 1.29 is 47.5 Å². The lowest BCUT2D eigenvalue weighted by Crippen LogP contribution is -2.34. The van der Waals surface area contributed by atoms with E-state index in [1.165, 1.54) is 19.3 Å². The fraction of sp³-hybridized carbons (Fsp3) is 0.596. The van der Waals surface area contributed by atoms with Gasteiger partial charge in [-0.3, -0.25) is 23.4 Å². The fourth-order valence-electron chi connectivity index (χ4n) is 5.85. The third-order valence-electron chi connectivity index (χ3n) is 9.52. The Balaban J connectivity index is 4.39. The summed E-state index contributed by atoms with van der Waals surface area (Å²) in [4.78, 5) is 46.1. The zero-order valence-corrected chi connectivity index (χ0v) is 40.2. The molecule has 0 radical (unpaired) electrons. The van der Waals surface area contributed by atoms with Gasteiger partial charge in [-0.1, -0.05) is 168 Å². The first-order valence-electron chi connectivity index (χ1n) is 23.9. The Morgan fingerprint density at radius 3 is 1.25 bits per heavy atom. The highest BCUT2D eigenvalue weighted by Gasteiger charge is 2.28. The van der Waals surface area contributed by atoms with E-state index in [1.54, 1.807) is 0 Å². The first-order valence-corrected chi connectivity index (χ1v) is 25.4. The number of unbranched alkanes of at least 4 members (excludes halogenated alkanes) is 11. The van der Waals surface area contributed by atoms with E-state index in [9.17, 15) is 23.8 Å². The number of carbonyl (C=O) groups is 3. The standard InChI is InChI=1S/C52H84NO10P/c1-3-5-7-9-11-13-15-17-19-21-23-24-26-27-29-31-33-35-37-39-41-43-50(54)60-45-48(46-61-64(58,59)62-47-49(53)52(56)57)63-51(55)44-42-40-38-36-34-32-30-28-25-22-20-18-16-14-12-10-8-6-4-2/h5-8,11-14,17-20,23-25,28,32,34,48-49H,3-4,9-10,15-16,21-22,26-27,29-31,33,35-47,53H2,1-2H3,(H,56,57)(H,58,59)/b7-5-,8-6-,13-11-,14-12-,19-17-,20-18-,24-23-,28-25-,34-32-. The molecule has 3 atom stereocenters. The van der Waals surface area contributed by atoms with Crippen molar-refractivity contribution in [3.05, 3.63) is 109 Å². The van der Waals surface area contributed by atoms with E-state index in [0.29, 0.717) is 12.8 Å². The molecule has 0 fully saturated rings. The van der Waals surface area contributed by atoms with Crippen LogP contribution in [0.4, 0.5) is 0 Å². The number of aliphatic carboxylic acids is 1. The first kappa shape index (κ1) is 60.1. The zero-order valence-electron chi connectivity index (χ0n) is 39.3. The molecule has 0 aromatic carbocycles. The number of esters is 2. The molecule has 3 unspecified atom stereocenters. The Bertz CT molecular complexity index is 1490. The Morgan fingerprint density at radius 1 is 0.484 bits per heavy atom. The van der Waals surface area contributed by atoms with Crippen LogP contribution in [0, 0.1) is 0 Å². The maximum absolute atomic E-state index is 12.7. The van der Waals surface area contributed by atoms with E-state index >= 15 is 0 Å². The summed E-state index contributed by atoms with van der Waals surface area (Å²) in [5.74, 6) is -2.44. The molecule has 0 heterocycles. The van der Waals surface area contributed by atoms with Gasteiger partial charge in [0.2, 0.25) is 0 Å². The summed E-state index contributed by atoms with van der Waals surface area (Å²) in [6.45, 7) is 2.53. The summed E-state index contributed by atoms with van der Waals surface area (Å²) in [7, 11) is -4.74. The Morgan fingerprint density at radius 2 is 0.828 bits per heavy atom. The van der Waals surface area contributed by atoms with Crippen LogP contribution in [0.5, 0.6) is 0 Å². The molecule has 0 aliphatic heterocycles. The molecule has 11 nitrogen and oxygen atoms in total. The highest BCUT2D eigenvalue weighted by molar-refractivity contribution is 7.47. The number of phosphoric acid groups is 1. The molecule has 4 N–H and O–H groups in total. The average molecular weight is 914 g/mol. The Kier molecular flexibility index (Phi) is 42.9. The van der Waals surface area contributed by atoms with Gasteiger partial charge >= 0.3 is 25.7 Å². The normalized spacial score (nSPS) is 14.6. The van der Waals surface area contributed by atoms with Crippen molar-refractivity contribution in [2.45, 2.75) is 180 Å². The number of carbonyl (C=O) groups excluding carboxylic acids is 2. The number of hydrogen-bond donors (Lipinski definition) is 3. The largest absolute Gasteiger partial charge is 0.480 e. The summed E-state index contributed by atoms with van der Waals surface area (Å²) in [5, 5.41) is 8.91. The molecule has 0 aromatic rings. The lowest BCUT2D eigenvalue weighted by atomic mass is 10.1. The molecule has 0 rings (SSSR count). The predicted octanol–water partition coefficient (Wildman–Crippen LogP) is 13.4. The van der Waals surface area contributed by atoms with E-state index in [-0.39, 0.29) is 19.4 Å². The molecular formula is C52H84NO10P. The Hall–Kier alpha value is -3.86. The van der Waals surface area contributed by atoms with Crippen molar-refractivity contribution in [1.29, 1.82) is 0 Å². The lowest BCUT2D eigenvalue weighted by molar-refractivity contribution is -0.161. The minimum absolute atomic E-state index is 0.113. The number of rotatable bonds is 43. The molecule has 0 aliphatic rings. The van der Waals surface area contributed by atoms with Gasteiger partial charge in [-0.15, -0.1) is 0 Å². The molecule has 12 heteroatoms. The van der Waals surface area contributed by atoms with Gasteiger partial charge in [0.25, 0.3) is 0 Å². The van der Waals surface area contributed by atoms with Gasteiger partial charge in [0.1, 0.15) is 12.6 Å². The second-order valence-electron chi connectivity index (χ2n) is 15.5. The van der Waals surface area contributed by atoms with Crippen LogP contribution < -0.4 is 5.73 Å². The number of carboxylic acids is 1. The van der Waals surface area contributed by atoms with Crippen LogP contribution >= 0.6 is 7.82 Å². The van der Waals surface area contributed by atoms with Crippen molar-refractivity contribution in [1.82, 2.24) is 0 Å². The van der Waals surface area contributed by atoms with Crippen LogP contribution in [0.25, 0.3) is 0 Å². The molecule has 0 spiro atoms. The molecule has 0 saturated heterocycles. The van der Waals surface area contributed by atoms with Crippen LogP contribution in [-0.2, 0) is 37.5 Å². The van der Waals surface area contributed by atoms with Crippen LogP contribution in [-0.4, -0.2) is 59.9 Å². The van der Waals surface area contributed by atoms with E-state index in [1.807, 2.05) is 0 Å². The summed E-state index contributed by atoms with van der Waals surface area (Å²) < 4.78 is 32.8. The summed E-state index contributed by atoms with van der Waals surface area (Å²) in [6.07, 6.45) is 60.0. The second kappa shape index (κ2) is 45.7. The summed E-state index contributed by atoms with van der Waals surface area (Å²) in [6, 6.07) is -1.54. The molecule has 0 aromatic heterocycles. The number of carboxylic acid groups (broad SMARTS) is 1. The predicted molar refractivity (Wildman–Crippen MR) is 263 cm³/mol. The highest BCUT2D eigenvalue weighted by Crippen LogP contribution is 2.43. The van der Waals surface area contributed by atoms with Crippen molar-refractivity contribution in [2.75, 3.05) is 19.8 Å². The second-order valence-corrected chi connectivity index (χ2v) is 16.9. The van der Waals surface area contributed by atoms with E-state index in [0.717, 1.165) is 109 Å². The minimum atomic E-state index is -4.74. The van der Waals surface area contributed by atoms with Gasteiger partial charge in [-0.2, -0.15) is 0 Å². The van der Waals surface area contributed by atoms with Gasteiger partial charge in [0.05, 0.1) is 13.2 Å². The zero-order chi connectivity index (χ0) is 47.0. The average Bonchev–Trinajstić information content (AvgIpc) is 3.27. The van der Waals surface area contributed by atoms with Crippen LogP contribution in [0.3, 0.4) is 0 Å². The number of phosphoric ester groups is 1. The number of allylic oxidation sites excluding steroid dienone is 18. The maximum Gasteiger partial charge on any atom is 0.472 e. The summed E-state index contributed by atoms with van der Waals surface area (Å²) >= 11 is 0. The molecule has 0 amide bonds. The van der Waals surface area contributed by atoms with Gasteiger partial charge < -0.3 is 25.2 Å². The van der Waals surface area contributed by atoms with Gasteiger partial charge in [0, 0.05) is 12.8 Å². The monoisotopic (exact) mass is 914 g/mol. The van der Waals surface area contributed by atoms with E-state index < -0.39 is 51.1 Å². The molecule has 0 saturated carbocycles. The van der Waals surface area contributed by atoms with Gasteiger partial charge in [0.15, 0.2) is 6.10 Å². The molecular weight excluding hydrogens is 830 g/mol. The fourth-order valence-corrected chi connectivity index (χ4v) is 6.62. The SMILES string of the molecule is CC/C=C\C/C=C\C/C=C\C/C=C\C/C=C\CCCCCC(=O)OC(COC(=O)CCCCCCCCCC/C=C\C/C=C\C/C=C\C/C=C\CC)COP(=O)(O)OCC(N)C(=O)O. The van der Waals surface area contributed by atoms with Crippen LogP contribution in [0.1, 0.15) is 168 Å². The highest BCUT2D eigenvalue weighted by atomic mass is 31.2. The number of hydrogen-bond acceptors (Lipinski definition) is 9. The van der Waals surface area contributed by atoms with Crippen molar-refractivity contribution in [3.63, 3.8) is 0 Å². The third kappa shape index (κ3) is 44.7. The van der Waals surface area contributed by atoms with Crippen molar-refractivity contribution in [2.24, 2.45) is 5.73 Å². The van der Waals surface area contributed by atoms with Gasteiger partial charge in [-0.25, -0.2) is 4.57 Å². The Labute approximate surface area is 387 Å².